The van der Waals surface area contributed by atoms with E-state index in [0.29, 0.717) is 5.33 Å². The maximum absolute atomic E-state index is 12.2. The van der Waals surface area contributed by atoms with Crippen LogP contribution in [0.2, 0.25) is 18.1 Å². The molecule has 1 N–H and O–H groups in total. The van der Waals surface area contributed by atoms with Gasteiger partial charge in [0.1, 0.15) is 12.4 Å². The number of alkyl carbamates (subject to hydrolysis) is 1. The van der Waals surface area contributed by atoms with E-state index >= 15 is 0 Å². The summed E-state index contributed by atoms with van der Waals surface area (Å²) in [4.78, 5) is 12.2. The number of benzene rings is 2. The van der Waals surface area contributed by atoms with Crippen LogP contribution in [0, 0.1) is 0 Å². The molecule has 0 unspecified atom stereocenters. The van der Waals surface area contributed by atoms with Crippen LogP contribution < -0.4 is 9.74 Å². The predicted molar refractivity (Wildman–Crippen MR) is 121 cm³/mol. The van der Waals surface area contributed by atoms with Gasteiger partial charge in [0.15, 0.2) is 0 Å². The van der Waals surface area contributed by atoms with E-state index in [1.807, 2.05) is 54.6 Å². The van der Waals surface area contributed by atoms with E-state index in [1.54, 1.807) is 0 Å². The molecule has 0 aromatic heterocycles. The topological polar surface area (TPSA) is 47.6 Å². The number of nitrogens with one attached hydrogen (secondary N) is 1. The highest BCUT2D eigenvalue weighted by molar-refractivity contribution is 9.09. The largest absolute Gasteiger partial charge is 0.544 e. The van der Waals surface area contributed by atoms with Gasteiger partial charge >= 0.3 is 6.09 Å². The molecule has 0 fully saturated rings. The van der Waals surface area contributed by atoms with Gasteiger partial charge in [0.2, 0.25) is 8.32 Å². The zero-order valence-corrected chi connectivity index (χ0v) is 19.9. The lowest BCUT2D eigenvalue weighted by Gasteiger charge is -2.36. The van der Waals surface area contributed by atoms with Gasteiger partial charge in [-0.05, 0) is 41.4 Å². The highest BCUT2D eigenvalue weighted by Gasteiger charge is 2.38. The zero-order valence-electron chi connectivity index (χ0n) is 17.3. The molecular weight excluding hydrogens is 434 g/mol. The van der Waals surface area contributed by atoms with Gasteiger partial charge in [-0.15, -0.1) is 0 Å². The summed E-state index contributed by atoms with van der Waals surface area (Å²) in [5.41, 5.74) is 1.95. The van der Waals surface area contributed by atoms with Crippen molar-refractivity contribution < 1.29 is 14.0 Å². The average molecular weight is 464 g/mol. The van der Waals surface area contributed by atoms with Crippen LogP contribution in [0.5, 0.6) is 5.75 Å². The van der Waals surface area contributed by atoms with Crippen molar-refractivity contribution in [3.63, 3.8) is 0 Å². The number of hydrogen-bond acceptors (Lipinski definition) is 3. The standard InChI is InChI=1S/C22H30BrNO3Si/c1-22(2,3)28(4,5)27-19-13-11-18(12-14-19)20(15-23)24-21(25)26-16-17-9-7-6-8-10-17/h6-14,20H,15-16H2,1-5H3,(H,24,25)/t20-/m0/s1. The molecule has 2 rings (SSSR count). The van der Waals surface area contributed by atoms with Crippen molar-refractivity contribution in [2.24, 2.45) is 0 Å². The van der Waals surface area contributed by atoms with Crippen molar-refractivity contribution in [1.82, 2.24) is 5.32 Å². The number of carbonyl (C=O) groups excluding carboxylic acids is 1. The molecule has 0 aliphatic rings. The van der Waals surface area contributed by atoms with Gasteiger partial charge in [-0.25, -0.2) is 4.79 Å². The zero-order chi connectivity index (χ0) is 20.8. The predicted octanol–water partition coefficient (Wildman–Crippen LogP) is 6.43. The van der Waals surface area contributed by atoms with E-state index in [-0.39, 0.29) is 17.7 Å². The maximum Gasteiger partial charge on any atom is 0.407 e. The molecule has 28 heavy (non-hydrogen) atoms. The Labute approximate surface area is 177 Å². The van der Waals surface area contributed by atoms with Crippen molar-refractivity contribution in [3.8, 4) is 5.75 Å². The molecular formula is C22H30BrNO3Si. The van der Waals surface area contributed by atoms with Crippen molar-refractivity contribution in [2.45, 2.75) is 51.6 Å². The second-order valence-electron chi connectivity index (χ2n) is 8.34. The Hall–Kier alpha value is -1.79. The smallest absolute Gasteiger partial charge is 0.407 e. The minimum Gasteiger partial charge on any atom is -0.544 e. The third-order valence-corrected chi connectivity index (χ3v) is 10.1. The lowest BCUT2D eigenvalue weighted by Crippen LogP contribution is -2.43. The lowest BCUT2D eigenvalue weighted by molar-refractivity contribution is 0.136. The van der Waals surface area contributed by atoms with Crippen LogP contribution in [0.25, 0.3) is 0 Å². The molecule has 1 atom stereocenters. The molecule has 0 heterocycles. The first-order valence-corrected chi connectivity index (χ1v) is 13.5. The summed E-state index contributed by atoms with van der Waals surface area (Å²) in [5, 5.41) is 3.65. The van der Waals surface area contributed by atoms with Crippen molar-refractivity contribution in [3.05, 3.63) is 65.7 Å². The van der Waals surface area contributed by atoms with Gasteiger partial charge in [-0.1, -0.05) is 79.2 Å². The summed E-state index contributed by atoms with van der Waals surface area (Å²) in [6.45, 7) is 11.4. The summed E-state index contributed by atoms with van der Waals surface area (Å²) in [7, 11) is -1.87. The number of halogens is 1. The first-order valence-electron chi connectivity index (χ1n) is 9.44. The van der Waals surface area contributed by atoms with Crippen molar-refractivity contribution >= 4 is 30.3 Å². The minimum atomic E-state index is -1.87. The molecule has 4 nitrogen and oxygen atoms in total. The minimum absolute atomic E-state index is 0.147. The van der Waals surface area contributed by atoms with Gasteiger partial charge in [0.25, 0.3) is 0 Å². The molecule has 0 bridgehead atoms. The first kappa shape index (κ1) is 22.5. The molecule has 2 aromatic rings. The van der Waals surface area contributed by atoms with Crippen LogP contribution in [-0.2, 0) is 11.3 Å². The fourth-order valence-corrected chi connectivity index (χ4v) is 3.90. The van der Waals surface area contributed by atoms with Crippen LogP contribution >= 0.6 is 15.9 Å². The number of hydrogen-bond donors (Lipinski definition) is 1. The molecule has 152 valence electrons. The number of carbonyl (C=O) groups is 1. The Morgan fingerprint density at radius 2 is 1.68 bits per heavy atom. The van der Waals surface area contributed by atoms with Crippen LogP contribution in [0.1, 0.15) is 37.9 Å². The van der Waals surface area contributed by atoms with Crippen LogP contribution in [0.15, 0.2) is 54.6 Å². The molecule has 2 aromatic carbocycles. The van der Waals surface area contributed by atoms with E-state index in [9.17, 15) is 4.79 Å². The number of rotatable bonds is 7. The summed E-state index contributed by atoms with van der Waals surface area (Å²) in [6.07, 6.45) is -0.435. The second kappa shape index (κ2) is 9.61. The Kier molecular flexibility index (Phi) is 7.72. The molecule has 0 saturated carbocycles. The normalized spacial score (nSPS) is 12.9. The summed E-state index contributed by atoms with van der Waals surface area (Å²) in [6, 6.07) is 17.4. The van der Waals surface area contributed by atoms with E-state index < -0.39 is 14.4 Å². The monoisotopic (exact) mass is 463 g/mol. The third-order valence-electron chi connectivity index (χ3n) is 5.12. The second-order valence-corrected chi connectivity index (χ2v) is 13.7. The highest BCUT2D eigenvalue weighted by atomic mass is 79.9. The molecule has 1 amide bonds. The molecule has 0 spiro atoms. The Morgan fingerprint density at radius 1 is 1.07 bits per heavy atom. The van der Waals surface area contributed by atoms with Crippen molar-refractivity contribution in [2.75, 3.05) is 5.33 Å². The van der Waals surface area contributed by atoms with E-state index in [0.717, 1.165) is 16.9 Å². The van der Waals surface area contributed by atoms with Gasteiger partial charge in [0.05, 0.1) is 6.04 Å². The van der Waals surface area contributed by atoms with Gasteiger partial charge < -0.3 is 14.5 Å². The fraction of sp³-hybridized carbons (Fsp3) is 0.409. The highest BCUT2D eigenvalue weighted by Crippen LogP contribution is 2.37. The number of amides is 1. The maximum atomic E-state index is 12.2. The molecule has 0 aliphatic carbocycles. The third kappa shape index (κ3) is 6.38. The SMILES string of the molecule is CC(C)(C)[Si](C)(C)Oc1ccc([C@H](CBr)NC(=O)OCc2ccccc2)cc1. The average Bonchev–Trinajstić information content (AvgIpc) is 2.65. The Bertz CT molecular complexity index is 758. The number of alkyl halides is 1. The quantitative estimate of drug-likeness (QED) is 0.379. The number of ether oxygens (including phenoxy) is 1. The van der Waals surface area contributed by atoms with Crippen LogP contribution in [-0.4, -0.2) is 19.7 Å². The molecule has 0 radical (unpaired) electrons. The van der Waals surface area contributed by atoms with Crippen molar-refractivity contribution in [1.29, 1.82) is 0 Å². The van der Waals surface area contributed by atoms with Crippen LogP contribution in [0.4, 0.5) is 4.79 Å². The first-order chi connectivity index (χ1) is 13.1. The van der Waals surface area contributed by atoms with E-state index in [2.05, 4.69) is 55.1 Å². The lowest BCUT2D eigenvalue weighted by atomic mass is 10.1. The Balaban J connectivity index is 1.95. The molecule has 6 heteroatoms. The molecule has 0 aliphatic heterocycles. The van der Waals surface area contributed by atoms with Gasteiger partial charge in [-0.3, -0.25) is 0 Å². The van der Waals surface area contributed by atoms with Crippen LogP contribution in [0.3, 0.4) is 0 Å². The molecule has 0 saturated heterocycles. The summed E-state index contributed by atoms with van der Waals surface area (Å²) >= 11 is 3.48. The van der Waals surface area contributed by atoms with E-state index in [4.69, 9.17) is 9.16 Å². The summed E-state index contributed by atoms with van der Waals surface area (Å²) < 4.78 is 11.6. The van der Waals surface area contributed by atoms with Gasteiger partial charge in [0, 0.05) is 5.33 Å². The van der Waals surface area contributed by atoms with Gasteiger partial charge in [-0.2, -0.15) is 0 Å². The van der Waals surface area contributed by atoms with E-state index in [1.165, 1.54) is 0 Å². The fourth-order valence-electron chi connectivity index (χ4n) is 2.33. The summed E-state index contributed by atoms with van der Waals surface area (Å²) in [5.74, 6) is 0.871. The Morgan fingerprint density at radius 3 is 2.21 bits per heavy atom.